The Hall–Kier alpha value is -1.58. The average molecular weight is 241 g/mol. The molecule has 0 bridgehead atoms. The summed E-state index contributed by atoms with van der Waals surface area (Å²) >= 11 is 0. The Balaban J connectivity index is 0.00000121. The fourth-order valence-electron chi connectivity index (χ4n) is 1.46. The summed E-state index contributed by atoms with van der Waals surface area (Å²) in [6.07, 6.45) is -1.10. The van der Waals surface area contributed by atoms with Crippen LogP contribution in [0.3, 0.4) is 0 Å². The maximum absolute atomic E-state index is 13.1. The molecule has 0 aromatic heterocycles. The van der Waals surface area contributed by atoms with Gasteiger partial charge in [-0.15, -0.1) is 0 Å². The first-order valence-electron chi connectivity index (χ1n) is 5.59. The highest BCUT2D eigenvalue weighted by Gasteiger charge is 2.15. The zero-order valence-electron chi connectivity index (χ0n) is 11.0. The molecule has 0 aliphatic carbocycles. The summed E-state index contributed by atoms with van der Waals surface area (Å²) in [6, 6.07) is 3.03. The molecule has 0 aliphatic rings. The molecule has 0 radical (unpaired) electrons. The number of carbonyl (C=O) groups excluding carboxylic acids is 1. The van der Waals surface area contributed by atoms with Gasteiger partial charge in [0.1, 0.15) is 6.17 Å². The molecule has 0 saturated carbocycles. The molecule has 96 valence electrons. The zero-order valence-corrected chi connectivity index (χ0v) is 11.0. The number of hydrogen-bond donors (Lipinski definition) is 1. The largest absolute Gasteiger partial charge is 0.465 e. The van der Waals surface area contributed by atoms with Crippen LogP contribution in [-0.2, 0) is 4.74 Å². The van der Waals surface area contributed by atoms with Crippen molar-refractivity contribution in [2.75, 3.05) is 12.8 Å². The lowest BCUT2D eigenvalue weighted by molar-refractivity contribution is 0.0602. The molecule has 17 heavy (non-hydrogen) atoms. The number of nitrogen functional groups attached to an aromatic ring is 1. The number of carbonyl (C=O) groups is 1. The first-order chi connectivity index (χ1) is 7.97. The molecule has 1 unspecified atom stereocenters. The third kappa shape index (κ3) is 3.73. The van der Waals surface area contributed by atoms with Gasteiger partial charge in [-0.1, -0.05) is 13.8 Å². The maximum Gasteiger partial charge on any atom is 0.339 e. The third-order valence-corrected chi connectivity index (χ3v) is 2.27. The van der Waals surface area contributed by atoms with E-state index in [9.17, 15) is 9.18 Å². The van der Waals surface area contributed by atoms with Gasteiger partial charge in [0, 0.05) is 5.69 Å². The second-order valence-corrected chi connectivity index (χ2v) is 3.40. The fourth-order valence-corrected chi connectivity index (χ4v) is 1.46. The van der Waals surface area contributed by atoms with Gasteiger partial charge in [0.25, 0.3) is 0 Å². The van der Waals surface area contributed by atoms with Crippen LogP contribution in [0, 0.1) is 6.92 Å². The molecule has 1 aromatic carbocycles. The number of ether oxygens (including phenoxy) is 1. The van der Waals surface area contributed by atoms with Crippen LogP contribution in [0.25, 0.3) is 0 Å². The number of methoxy groups -OCH3 is 1. The molecule has 0 aliphatic heterocycles. The molecular formula is C13H20FNO2. The van der Waals surface area contributed by atoms with E-state index < -0.39 is 12.1 Å². The zero-order chi connectivity index (χ0) is 13.6. The van der Waals surface area contributed by atoms with Crippen LogP contribution in [0.4, 0.5) is 10.1 Å². The molecule has 1 atom stereocenters. The summed E-state index contributed by atoms with van der Waals surface area (Å²) in [6.45, 7) is 7.16. The minimum Gasteiger partial charge on any atom is -0.465 e. The Labute approximate surface area is 102 Å². The summed E-state index contributed by atoms with van der Waals surface area (Å²) in [5, 5.41) is 0. The van der Waals surface area contributed by atoms with Crippen molar-refractivity contribution < 1.29 is 13.9 Å². The van der Waals surface area contributed by atoms with E-state index in [1.165, 1.54) is 20.1 Å². The Morgan fingerprint density at radius 2 is 1.94 bits per heavy atom. The standard InChI is InChI=1S/C11H14FNO2.C2H6/c1-6-4-9(11(14)15-3)10(13)5-8(6)7(2)12;1-2/h4-5,7H,13H2,1-3H3;1-2H3. The average Bonchev–Trinajstić information content (AvgIpc) is 2.32. The summed E-state index contributed by atoms with van der Waals surface area (Å²) in [5.41, 5.74) is 7.35. The van der Waals surface area contributed by atoms with Gasteiger partial charge < -0.3 is 10.5 Å². The molecule has 1 rings (SSSR count). The molecule has 0 saturated heterocycles. The van der Waals surface area contributed by atoms with Crippen molar-refractivity contribution >= 4 is 11.7 Å². The van der Waals surface area contributed by atoms with Crippen molar-refractivity contribution in [2.24, 2.45) is 0 Å². The number of hydrogen-bond acceptors (Lipinski definition) is 3. The number of esters is 1. The minimum absolute atomic E-state index is 0.243. The second-order valence-electron chi connectivity index (χ2n) is 3.40. The molecule has 0 amide bonds. The quantitative estimate of drug-likeness (QED) is 0.637. The predicted molar refractivity (Wildman–Crippen MR) is 67.8 cm³/mol. The smallest absolute Gasteiger partial charge is 0.339 e. The van der Waals surface area contributed by atoms with Gasteiger partial charge in [0.2, 0.25) is 0 Å². The van der Waals surface area contributed by atoms with Gasteiger partial charge >= 0.3 is 5.97 Å². The number of aryl methyl sites for hydroxylation is 1. The van der Waals surface area contributed by atoms with Crippen LogP contribution in [0.5, 0.6) is 0 Å². The molecule has 0 heterocycles. The number of rotatable bonds is 2. The molecule has 4 heteroatoms. The van der Waals surface area contributed by atoms with Gasteiger partial charge in [-0.3, -0.25) is 0 Å². The lowest BCUT2D eigenvalue weighted by atomic mass is 10.0. The van der Waals surface area contributed by atoms with Crippen molar-refractivity contribution in [3.8, 4) is 0 Å². The number of halogens is 1. The second kappa shape index (κ2) is 6.89. The monoisotopic (exact) mass is 241 g/mol. The topological polar surface area (TPSA) is 52.3 Å². The predicted octanol–water partition coefficient (Wildman–Crippen LogP) is 3.42. The number of nitrogens with two attached hydrogens (primary N) is 1. The normalized spacial score (nSPS) is 11.2. The first-order valence-corrected chi connectivity index (χ1v) is 5.59. The molecule has 0 fully saturated rings. The molecule has 0 spiro atoms. The highest BCUT2D eigenvalue weighted by molar-refractivity contribution is 5.95. The summed E-state index contributed by atoms with van der Waals surface area (Å²) in [7, 11) is 1.28. The van der Waals surface area contributed by atoms with Crippen LogP contribution in [0.15, 0.2) is 12.1 Å². The molecular weight excluding hydrogens is 221 g/mol. The van der Waals surface area contributed by atoms with Gasteiger partial charge in [-0.05, 0) is 37.1 Å². The highest BCUT2D eigenvalue weighted by Crippen LogP contribution is 2.26. The van der Waals surface area contributed by atoms with Crippen molar-refractivity contribution in [1.29, 1.82) is 0 Å². The van der Waals surface area contributed by atoms with E-state index >= 15 is 0 Å². The van der Waals surface area contributed by atoms with Crippen LogP contribution < -0.4 is 5.73 Å². The summed E-state index contributed by atoms with van der Waals surface area (Å²) < 4.78 is 17.7. The Morgan fingerprint density at radius 1 is 1.41 bits per heavy atom. The Kier molecular flexibility index (Phi) is 6.25. The molecule has 3 nitrogen and oxygen atoms in total. The van der Waals surface area contributed by atoms with Gasteiger partial charge in [0.05, 0.1) is 12.7 Å². The van der Waals surface area contributed by atoms with Gasteiger partial charge in [-0.25, -0.2) is 9.18 Å². The van der Waals surface area contributed by atoms with E-state index in [0.29, 0.717) is 11.1 Å². The summed E-state index contributed by atoms with van der Waals surface area (Å²) in [4.78, 5) is 11.3. The van der Waals surface area contributed by atoms with Crippen molar-refractivity contribution in [2.45, 2.75) is 33.9 Å². The molecule has 1 aromatic rings. The van der Waals surface area contributed by atoms with Crippen molar-refractivity contribution in [3.05, 3.63) is 28.8 Å². The van der Waals surface area contributed by atoms with Gasteiger partial charge in [0.15, 0.2) is 0 Å². The Bertz CT molecular complexity index is 389. The molecule has 2 N–H and O–H groups in total. The van der Waals surface area contributed by atoms with E-state index in [2.05, 4.69) is 4.74 Å². The number of anilines is 1. The van der Waals surface area contributed by atoms with E-state index in [4.69, 9.17) is 5.73 Å². The van der Waals surface area contributed by atoms with Gasteiger partial charge in [-0.2, -0.15) is 0 Å². The van der Waals surface area contributed by atoms with Crippen LogP contribution in [0.1, 0.15) is 48.4 Å². The fraction of sp³-hybridized carbons (Fsp3) is 0.462. The lowest BCUT2D eigenvalue weighted by Crippen LogP contribution is -2.07. The van der Waals surface area contributed by atoms with E-state index in [-0.39, 0.29) is 11.3 Å². The van der Waals surface area contributed by atoms with Crippen LogP contribution in [-0.4, -0.2) is 13.1 Å². The Morgan fingerprint density at radius 3 is 2.35 bits per heavy atom. The van der Waals surface area contributed by atoms with E-state index in [0.717, 1.165) is 0 Å². The van der Waals surface area contributed by atoms with Crippen molar-refractivity contribution in [3.63, 3.8) is 0 Å². The SMILES string of the molecule is CC.COC(=O)c1cc(C)c(C(C)F)cc1N. The van der Waals surface area contributed by atoms with E-state index in [1.807, 2.05) is 13.8 Å². The van der Waals surface area contributed by atoms with E-state index in [1.54, 1.807) is 13.0 Å². The maximum atomic E-state index is 13.1. The number of benzene rings is 1. The highest BCUT2D eigenvalue weighted by atomic mass is 19.1. The minimum atomic E-state index is -1.10. The number of alkyl halides is 1. The first kappa shape index (κ1) is 15.4. The van der Waals surface area contributed by atoms with Crippen LogP contribution >= 0.6 is 0 Å². The summed E-state index contributed by atoms with van der Waals surface area (Å²) in [5.74, 6) is -0.506. The van der Waals surface area contributed by atoms with Crippen molar-refractivity contribution in [1.82, 2.24) is 0 Å². The third-order valence-electron chi connectivity index (χ3n) is 2.27. The van der Waals surface area contributed by atoms with Crippen LogP contribution in [0.2, 0.25) is 0 Å². The lowest BCUT2D eigenvalue weighted by Gasteiger charge is -2.11.